The molecule has 4 aromatic rings. The molecule has 0 spiro atoms. The van der Waals surface area contributed by atoms with Gasteiger partial charge in [-0.05, 0) is 55.5 Å². The molecule has 0 fully saturated rings. The standard InChI is InChI=1S/C21H17Br2NOS/c1-13(25)21(26-16-5-3-2-4-6-16)24-19-9-7-14(22)11-17(19)18-12-15(23)8-10-20(18)24/h2-13,21,25H,1H3. The van der Waals surface area contributed by atoms with Gasteiger partial charge in [-0.2, -0.15) is 0 Å². The van der Waals surface area contributed by atoms with E-state index in [-0.39, 0.29) is 5.37 Å². The van der Waals surface area contributed by atoms with E-state index in [0.29, 0.717) is 0 Å². The monoisotopic (exact) mass is 489 g/mol. The molecule has 0 aliphatic carbocycles. The second-order valence-electron chi connectivity index (χ2n) is 6.26. The predicted octanol–water partition coefficient (Wildman–Crippen LogP) is 6.99. The minimum absolute atomic E-state index is 0.125. The highest BCUT2D eigenvalue weighted by molar-refractivity contribution is 9.10. The van der Waals surface area contributed by atoms with Gasteiger partial charge < -0.3 is 9.67 Å². The van der Waals surface area contributed by atoms with Crippen LogP contribution in [0.25, 0.3) is 21.8 Å². The van der Waals surface area contributed by atoms with E-state index in [9.17, 15) is 5.11 Å². The number of benzene rings is 3. The molecule has 1 N–H and O–H groups in total. The molecule has 0 radical (unpaired) electrons. The van der Waals surface area contributed by atoms with Gasteiger partial charge in [-0.25, -0.2) is 0 Å². The van der Waals surface area contributed by atoms with Crippen molar-refractivity contribution >= 4 is 65.4 Å². The van der Waals surface area contributed by atoms with Gasteiger partial charge in [0.25, 0.3) is 0 Å². The lowest BCUT2D eigenvalue weighted by atomic mass is 10.2. The Hall–Kier alpha value is -1.27. The Morgan fingerprint density at radius 2 is 1.38 bits per heavy atom. The first-order valence-electron chi connectivity index (χ1n) is 8.33. The Morgan fingerprint density at radius 1 is 0.846 bits per heavy atom. The number of thioether (sulfide) groups is 1. The zero-order chi connectivity index (χ0) is 18.3. The average Bonchev–Trinajstić information content (AvgIpc) is 2.93. The highest BCUT2D eigenvalue weighted by Gasteiger charge is 2.23. The van der Waals surface area contributed by atoms with Gasteiger partial charge in [0.05, 0.1) is 17.1 Å². The van der Waals surface area contributed by atoms with Crippen molar-refractivity contribution in [1.82, 2.24) is 4.57 Å². The summed E-state index contributed by atoms with van der Waals surface area (Å²) in [6.07, 6.45) is -0.508. The van der Waals surface area contributed by atoms with Crippen LogP contribution >= 0.6 is 43.6 Å². The van der Waals surface area contributed by atoms with Crippen LogP contribution in [0.4, 0.5) is 0 Å². The molecule has 1 heterocycles. The van der Waals surface area contributed by atoms with Crippen LogP contribution in [0.2, 0.25) is 0 Å². The van der Waals surface area contributed by atoms with Crippen LogP contribution in [0.15, 0.2) is 80.6 Å². The molecule has 2 unspecified atom stereocenters. The molecule has 0 bridgehead atoms. The van der Waals surface area contributed by atoms with Crippen molar-refractivity contribution in [3.63, 3.8) is 0 Å². The fraction of sp³-hybridized carbons (Fsp3) is 0.143. The van der Waals surface area contributed by atoms with Gasteiger partial charge >= 0.3 is 0 Å². The molecule has 0 amide bonds. The summed E-state index contributed by atoms with van der Waals surface area (Å²) < 4.78 is 4.35. The molecule has 3 aromatic carbocycles. The fourth-order valence-electron chi connectivity index (χ4n) is 3.28. The van der Waals surface area contributed by atoms with Crippen LogP contribution in [0.3, 0.4) is 0 Å². The van der Waals surface area contributed by atoms with Crippen LogP contribution < -0.4 is 0 Å². The fourth-order valence-corrected chi connectivity index (χ4v) is 5.12. The van der Waals surface area contributed by atoms with Crippen LogP contribution in [0.5, 0.6) is 0 Å². The molecule has 0 aliphatic rings. The van der Waals surface area contributed by atoms with Crippen molar-refractivity contribution in [3.8, 4) is 0 Å². The van der Waals surface area contributed by atoms with E-state index in [1.807, 2.05) is 25.1 Å². The maximum Gasteiger partial charge on any atom is 0.110 e. The Morgan fingerprint density at radius 3 is 1.88 bits per heavy atom. The third-order valence-electron chi connectivity index (χ3n) is 4.39. The lowest BCUT2D eigenvalue weighted by molar-refractivity contribution is 0.172. The first kappa shape index (κ1) is 18.1. The van der Waals surface area contributed by atoms with Crippen molar-refractivity contribution in [3.05, 3.63) is 75.7 Å². The smallest absolute Gasteiger partial charge is 0.110 e. The normalized spacial score (nSPS) is 14.0. The molecule has 0 aliphatic heterocycles. The molecule has 1 aromatic heterocycles. The summed E-state index contributed by atoms with van der Waals surface area (Å²) in [5.74, 6) is 0. The van der Waals surface area contributed by atoms with Crippen LogP contribution in [0, 0.1) is 0 Å². The minimum atomic E-state index is -0.508. The van der Waals surface area contributed by atoms with Crippen molar-refractivity contribution in [1.29, 1.82) is 0 Å². The van der Waals surface area contributed by atoms with Gasteiger partial charge in [-0.15, -0.1) is 0 Å². The molecule has 2 atom stereocenters. The Bertz CT molecular complexity index is 1020. The lowest BCUT2D eigenvalue weighted by Crippen LogP contribution is -2.18. The maximum absolute atomic E-state index is 10.6. The van der Waals surface area contributed by atoms with Crippen LogP contribution in [0.1, 0.15) is 12.3 Å². The lowest BCUT2D eigenvalue weighted by Gasteiger charge is -2.23. The van der Waals surface area contributed by atoms with E-state index >= 15 is 0 Å². The number of hydrogen-bond donors (Lipinski definition) is 1. The summed E-state index contributed by atoms with van der Waals surface area (Å²) in [5.41, 5.74) is 2.24. The first-order valence-corrected chi connectivity index (χ1v) is 10.8. The third-order valence-corrected chi connectivity index (χ3v) is 6.77. The van der Waals surface area contributed by atoms with E-state index in [2.05, 4.69) is 85.0 Å². The van der Waals surface area contributed by atoms with Crippen molar-refractivity contribution in [2.75, 3.05) is 0 Å². The Labute approximate surface area is 173 Å². The number of aromatic nitrogens is 1. The van der Waals surface area contributed by atoms with Gasteiger partial charge in [0.1, 0.15) is 5.37 Å². The predicted molar refractivity (Wildman–Crippen MR) is 118 cm³/mol. The molecule has 4 rings (SSSR count). The van der Waals surface area contributed by atoms with Gasteiger partial charge in [-0.3, -0.25) is 0 Å². The summed E-state index contributed by atoms with van der Waals surface area (Å²) in [7, 11) is 0. The van der Waals surface area contributed by atoms with E-state index in [4.69, 9.17) is 0 Å². The Kier molecular flexibility index (Phi) is 5.15. The zero-order valence-electron chi connectivity index (χ0n) is 14.1. The largest absolute Gasteiger partial charge is 0.390 e. The number of fused-ring (bicyclic) bond motifs is 3. The zero-order valence-corrected chi connectivity index (χ0v) is 18.1. The first-order chi connectivity index (χ1) is 12.5. The van der Waals surface area contributed by atoms with E-state index < -0.39 is 6.10 Å². The van der Waals surface area contributed by atoms with E-state index in [1.54, 1.807) is 11.8 Å². The molecular weight excluding hydrogens is 474 g/mol. The number of rotatable bonds is 4. The summed E-state index contributed by atoms with van der Waals surface area (Å²) in [6.45, 7) is 1.86. The summed E-state index contributed by atoms with van der Waals surface area (Å²) >= 11 is 8.86. The highest BCUT2D eigenvalue weighted by Crippen LogP contribution is 2.41. The average molecular weight is 491 g/mol. The Balaban J connectivity index is 1.97. The van der Waals surface area contributed by atoms with E-state index in [1.165, 1.54) is 10.8 Å². The molecule has 26 heavy (non-hydrogen) atoms. The van der Waals surface area contributed by atoms with Crippen molar-refractivity contribution < 1.29 is 5.11 Å². The van der Waals surface area contributed by atoms with Gasteiger partial charge in [-0.1, -0.05) is 61.8 Å². The van der Waals surface area contributed by atoms with Crippen LogP contribution in [-0.4, -0.2) is 15.8 Å². The SMILES string of the molecule is CC(O)C(Sc1ccccc1)n1c2ccc(Br)cc2c2cc(Br)ccc21. The minimum Gasteiger partial charge on any atom is -0.390 e. The number of halogens is 2. The molecule has 0 saturated carbocycles. The van der Waals surface area contributed by atoms with Crippen LogP contribution in [-0.2, 0) is 0 Å². The second kappa shape index (κ2) is 7.39. The summed E-state index contributed by atoms with van der Waals surface area (Å²) in [4.78, 5) is 1.14. The van der Waals surface area contributed by atoms with Gasteiger partial charge in [0.15, 0.2) is 0 Å². The second-order valence-corrected chi connectivity index (χ2v) is 9.28. The number of aliphatic hydroxyl groups excluding tert-OH is 1. The third kappa shape index (κ3) is 3.33. The summed E-state index contributed by atoms with van der Waals surface area (Å²) in [6, 6.07) is 22.9. The van der Waals surface area contributed by atoms with Gasteiger partial charge in [0, 0.05) is 24.6 Å². The highest BCUT2D eigenvalue weighted by atomic mass is 79.9. The molecule has 5 heteroatoms. The van der Waals surface area contributed by atoms with Crippen molar-refractivity contribution in [2.24, 2.45) is 0 Å². The number of nitrogens with zero attached hydrogens (tertiary/aromatic N) is 1. The van der Waals surface area contributed by atoms with Crippen molar-refractivity contribution in [2.45, 2.75) is 23.3 Å². The topological polar surface area (TPSA) is 25.2 Å². The molecular formula is C21H17Br2NOS. The van der Waals surface area contributed by atoms with Gasteiger partial charge in [0.2, 0.25) is 0 Å². The quantitative estimate of drug-likeness (QED) is 0.312. The molecule has 132 valence electrons. The summed E-state index contributed by atoms with van der Waals surface area (Å²) in [5, 5.41) is 12.8. The molecule has 2 nitrogen and oxygen atoms in total. The number of aliphatic hydroxyl groups is 1. The molecule has 0 saturated heterocycles. The number of hydrogen-bond acceptors (Lipinski definition) is 2. The van der Waals surface area contributed by atoms with E-state index in [0.717, 1.165) is 24.9 Å². The maximum atomic E-state index is 10.6.